The summed E-state index contributed by atoms with van der Waals surface area (Å²) in [6, 6.07) is 0. The minimum atomic E-state index is -0.501. The molecule has 0 aliphatic heterocycles. The van der Waals surface area contributed by atoms with Crippen LogP contribution in [-0.4, -0.2) is 31.3 Å². The minimum absolute atomic E-state index is 0.284. The minimum Gasteiger partial charge on any atom is -0.464 e. The quantitative estimate of drug-likeness (QED) is 0.566. The molecule has 0 N–H and O–H groups in total. The van der Waals surface area contributed by atoms with Crippen molar-refractivity contribution in [3.8, 4) is 0 Å². The fourth-order valence-corrected chi connectivity index (χ4v) is 1.87. The average molecular weight is 245 g/mol. The Morgan fingerprint density at radius 3 is 2.56 bits per heavy atom. The molecule has 0 aliphatic carbocycles. The molecule has 16 heavy (non-hydrogen) atoms. The lowest BCUT2D eigenvalue weighted by Gasteiger charge is -2.13. The fraction of sp³-hybridized carbons (Fsp3) is 0.600. The molecule has 90 valence electrons. The van der Waals surface area contributed by atoms with Gasteiger partial charge in [-0.15, -0.1) is 11.3 Å². The smallest absolute Gasteiger partial charge is 0.357 e. The zero-order chi connectivity index (χ0) is 12.0. The van der Waals surface area contributed by atoms with Crippen LogP contribution in [-0.2, 0) is 14.2 Å². The average Bonchev–Trinajstić information content (AvgIpc) is 2.77. The van der Waals surface area contributed by atoms with Gasteiger partial charge in [0, 0.05) is 18.6 Å². The molecular weight excluding hydrogens is 230 g/mol. The molecule has 0 unspecified atom stereocenters. The van der Waals surface area contributed by atoms with Gasteiger partial charge in [0.1, 0.15) is 5.01 Å². The maximum absolute atomic E-state index is 11.2. The first kappa shape index (κ1) is 13.1. The van der Waals surface area contributed by atoms with Gasteiger partial charge in [0.05, 0.1) is 7.11 Å². The van der Waals surface area contributed by atoms with E-state index in [0.717, 1.165) is 0 Å². The van der Waals surface area contributed by atoms with Gasteiger partial charge in [-0.1, -0.05) is 0 Å². The first-order valence-corrected chi connectivity index (χ1v) is 5.87. The lowest BCUT2D eigenvalue weighted by atomic mass is 10.5. The highest BCUT2D eigenvalue weighted by atomic mass is 32.1. The molecule has 0 saturated heterocycles. The van der Waals surface area contributed by atoms with Crippen LogP contribution in [0.25, 0.3) is 0 Å². The third-order valence-electron chi connectivity index (χ3n) is 1.75. The Labute approximate surface area is 98.3 Å². The summed E-state index contributed by atoms with van der Waals surface area (Å²) in [6.45, 7) is 4.80. The Morgan fingerprint density at radius 2 is 2.06 bits per heavy atom. The molecule has 0 atom stereocenters. The first-order valence-electron chi connectivity index (χ1n) is 4.99. The predicted molar refractivity (Wildman–Crippen MR) is 59.4 cm³/mol. The monoisotopic (exact) mass is 245 g/mol. The Bertz CT molecular complexity index is 333. The summed E-state index contributed by atoms with van der Waals surface area (Å²) in [5, 5.41) is 2.26. The number of methoxy groups -OCH3 is 1. The summed E-state index contributed by atoms with van der Waals surface area (Å²) < 4.78 is 15.3. The number of ether oxygens (including phenoxy) is 3. The Balaban J connectivity index is 2.76. The molecule has 1 heterocycles. The number of esters is 1. The van der Waals surface area contributed by atoms with Crippen LogP contribution in [0, 0.1) is 0 Å². The van der Waals surface area contributed by atoms with Crippen molar-refractivity contribution in [2.45, 2.75) is 20.1 Å². The Morgan fingerprint density at radius 1 is 1.44 bits per heavy atom. The van der Waals surface area contributed by atoms with Crippen molar-refractivity contribution < 1.29 is 19.0 Å². The van der Waals surface area contributed by atoms with Gasteiger partial charge in [-0.2, -0.15) is 0 Å². The SMILES string of the molecule is CCOC(OCC)c1nc(C(=O)OC)cs1. The van der Waals surface area contributed by atoms with Gasteiger partial charge in [-0.25, -0.2) is 9.78 Å². The lowest BCUT2D eigenvalue weighted by Crippen LogP contribution is -2.09. The van der Waals surface area contributed by atoms with E-state index < -0.39 is 12.3 Å². The summed E-state index contributed by atoms with van der Waals surface area (Å²) in [5.74, 6) is -0.450. The maximum Gasteiger partial charge on any atom is 0.357 e. The number of carbonyl (C=O) groups excluding carboxylic acids is 1. The highest BCUT2D eigenvalue weighted by Gasteiger charge is 2.18. The molecule has 1 aromatic rings. The molecule has 1 rings (SSSR count). The standard InChI is InChI=1S/C10H15NO4S/c1-4-14-10(15-5-2)8-11-7(6-16-8)9(12)13-3/h6,10H,4-5H2,1-3H3. The zero-order valence-electron chi connectivity index (χ0n) is 9.56. The number of thiazole rings is 1. The first-order chi connectivity index (χ1) is 7.72. The van der Waals surface area contributed by atoms with Crippen LogP contribution >= 0.6 is 11.3 Å². The number of aromatic nitrogens is 1. The van der Waals surface area contributed by atoms with E-state index in [0.29, 0.717) is 18.2 Å². The number of nitrogens with zero attached hydrogens (tertiary/aromatic N) is 1. The number of rotatable bonds is 6. The largest absolute Gasteiger partial charge is 0.464 e. The number of carbonyl (C=O) groups is 1. The Hall–Kier alpha value is -0.980. The number of hydrogen-bond acceptors (Lipinski definition) is 6. The van der Waals surface area contributed by atoms with E-state index in [4.69, 9.17) is 9.47 Å². The molecule has 0 fully saturated rings. The zero-order valence-corrected chi connectivity index (χ0v) is 10.4. The van der Waals surface area contributed by atoms with Crippen molar-refractivity contribution in [1.29, 1.82) is 0 Å². The topological polar surface area (TPSA) is 57.7 Å². The van der Waals surface area contributed by atoms with E-state index in [1.165, 1.54) is 18.4 Å². The van der Waals surface area contributed by atoms with Crippen molar-refractivity contribution in [1.82, 2.24) is 4.98 Å². The fourth-order valence-electron chi connectivity index (χ4n) is 1.09. The van der Waals surface area contributed by atoms with Gasteiger partial charge >= 0.3 is 5.97 Å². The molecule has 0 spiro atoms. The molecule has 0 radical (unpaired) electrons. The van der Waals surface area contributed by atoms with Crippen LogP contribution in [0.4, 0.5) is 0 Å². The van der Waals surface area contributed by atoms with Gasteiger partial charge in [-0.05, 0) is 13.8 Å². The van der Waals surface area contributed by atoms with Crippen molar-refractivity contribution in [3.05, 3.63) is 16.1 Å². The molecule has 0 aromatic carbocycles. The third kappa shape index (κ3) is 3.26. The second-order valence-electron chi connectivity index (χ2n) is 2.81. The summed E-state index contributed by atoms with van der Waals surface area (Å²) >= 11 is 1.32. The van der Waals surface area contributed by atoms with E-state index in [9.17, 15) is 4.79 Å². The summed E-state index contributed by atoms with van der Waals surface area (Å²) in [4.78, 5) is 15.3. The molecule has 0 amide bonds. The van der Waals surface area contributed by atoms with E-state index in [-0.39, 0.29) is 5.69 Å². The van der Waals surface area contributed by atoms with Crippen LogP contribution in [0.5, 0.6) is 0 Å². The van der Waals surface area contributed by atoms with E-state index in [1.54, 1.807) is 5.38 Å². The van der Waals surface area contributed by atoms with E-state index in [2.05, 4.69) is 9.72 Å². The Kier molecular flexibility index (Phi) is 5.37. The van der Waals surface area contributed by atoms with E-state index >= 15 is 0 Å². The predicted octanol–water partition coefficient (Wildman–Crippen LogP) is 2.00. The molecule has 0 saturated carbocycles. The summed E-state index contributed by atoms with van der Waals surface area (Å²) in [5.41, 5.74) is 0.284. The number of hydrogen-bond donors (Lipinski definition) is 0. The molecule has 0 aliphatic rings. The van der Waals surface area contributed by atoms with Crippen molar-refractivity contribution in [3.63, 3.8) is 0 Å². The third-order valence-corrected chi connectivity index (χ3v) is 2.62. The summed E-state index contributed by atoms with van der Waals surface area (Å²) in [6.07, 6.45) is -0.501. The lowest BCUT2D eigenvalue weighted by molar-refractivity contribution is -0.140. The van der Waals surface area contributed by atoms with Gasteiger partial charge < -0.3 is 14.2 Å². The van der Waals surface area contributed by atoms with Gasteiger partial charge in [-0.3, -0.25) is 0 Å². The van der Waals surface area contributed by atoms with Gasteiger partial charge in [0.25, 0.3) is 0 Å². The second-order valence-corrected chi connectivity index (χ2v) is 3.69. The highest BCUT2D eigenvalue weighted by molar-refractivity contribution is 7.09. The highest BCUT2D eigenvalue weighted by Crippen LogP contribution is 2.23. The molecule has 6 heteroatoms. The van der Waals surface area contributed by atoms with Crippen molar-refractivity contribution in [2.75, 3.05) is 20.3 Å². The van der Waals surface area contributed by atoms with Crippen LogP contribution in [0.2, 0.25) is 0 Å². The van der Waals surface area contributed by atoms with E-state index in [1.807, 2.05) is 13.8 Å². The van der Waals surface area contributed by atoms with Crippen LogP contribution in [0.1, 0.15) is 35.6 Å². The molecule has 1 aromatic heterocycles. The van der Waals surface area contributed by atoms with Crippen molar-refractivity contribution >= 4 is 17.3 Å². The van der Waals surface area contributed by atoms with Crippen LogP contribution in [0.3, 0.4) is 0 Å². The molecular formula is C10H15NO4S. The molecule has 0 bridgehead atoms. The van der Waals surface area contributed by atoms with Gasteiger partial charge in [0.2, 0.25) is 6.29 Å². The van der Waals surface area contributed by atoms with Crippen LogP contribution in [0.15, 0.2) is 5.38 Å². The maximum atomic E-state index is 11.2. The molecule has 5 nitrogen and oxygen atoms in total. The van der Waals surface area contributed by atoms with Crippen molar-refractivity contribution in [2.24, 2.45) is 0 Å². The summed E-state index contributed by atoms with van der Waals surface area (Å²) in [7, 11) is 1.32. The van der Waals surface area contributed by atoms with Gasteiger partial charge in [0.15, 0.2) is 5.69 Å². The normalized spacial score (nSPS) is 10.8. The van der Waals surface area contributed by atoms with Crippen LogP contribution < -0.4 is 0 Å². The second kappa shape index (κ2) is 6.57.